The van der Waals surface area contributed by atoms with Crippen LogP contribution in [-0.4, -0.2) is 6.18 Å². The third-order valence-electron chi connectivity index (χ3n) is 0.553. The van der Waals surface area contributed by atoms with Crippen LogP contribution in [0.15, 0.2) is 0 Å². The molecule has 0 heterocycles. The molecule has 0 amide bonds. The van der Waals surface area contributed by atoms with Crippen LogP contribution in [0.1, 0.15) is 13.3 Å². The molecule has 0 N–H and O–H groups in total. The summed E-state index contributed by atoms with van der Waals surface area (Å²) in [5, 5.41) is 0. The second-order valence-corrected chi connectivity index (χ2v) is 1.80. The predicted octanol–water partition coefficient (Wildman–Crippen LogP) is 2.29. The lowest BCUT2D eigenvalue weighted by molar-refractivity contribution is -0.140. The molecule has 0 aromatic carbocycles. The smallest absolute Gasteiger partial charge is 0.171 e. The minimum Gasteiger partial charge on any atom is -0.171 e. The Morgan fingerprint density at radius 2 is 1.88 bits per heavy atom. The van der Waals surface area contributed by atoms with Crippen LogP contribution in [0.2, 0.25) is 0 Å². The molecule has 1 atom stereocenters. The van der Waals surface area contributed by atoms with Crippen molar-refractivity contribution in [2.24, 2.45) is 5.92 Å². The predicted molar refractivity (Wildman–Crippen MR) is 24.1 cm³/mol. The van der Waals surface area contributed by atoms with Crippen molar-refractivity contribution in [2.75, 3.05) is 0 Å². The third-order valence-corrected chi connectivity index (χ3v) is 0.553. The molecule has 0 nitrogen and oxygen atoms in total. The van der Waals surface area contributed by atoms with E-state index in [4.69, 9.17) is 6.92 Å². The molecular formula is C5H7F3. The summed E-state index contributed by atoms with van der Waals surface area (Å²) in [5.41, 5.74) is 0. The average molecular weight is 124 g/mol. The van der Waals surface area contributed by atoms with Crippen molar-refractivity contribution in [3.8, 4) is 0 Å². The van der Waals surface area contributed by atoms with Gasteiger partial charge in [0.05, 0.1) is 0 Å². The summed E-state index contributed by atoms with van der Waals surface area (Å²) in [6.45, 7) is 6.19. The summed E-state index contributed by atoms with van der Waals surface area (Å²) in [5.74, 6) is -0.782. The van der Waals surface area contributed by atoms with E-state index < -0.39 is 18.5 Å². The fraction of sp³-hybridized carbons (Fsp3) is 0.800. The number of alkyl halides is 3. The summed E-state index contributed by atoms with van der Waals surface area (Å²) >= 11 is 0. The second kappa shape index (κ2) is 2.37. The summed E-state index contributed by atoms with van der Waals surface area (Å²) < 4.78 is 33.7. The molecule has 0 aliphatic rings. The van der Waals surface area contributed by atoms with Gasteiger partial charge in [0.15, 0.2) is 0 Å². The van der Waals surface area contributed by atoms with Gasteiger partial charge in [-0.05, 0) is 12.8 Å². The Morgan fingerprint density at radius 1 is 1.50 bits per heavy atom. The fourth-order valence-electron chi connectivity index (χ4n) is 0.365. The van der Waals surface area contributed by atoms with Gasteiger partial charge in [-0.1, -0.05) is 6.92 Å². The molecule has 0 rings (SSSR count). The van der Waals surface area contributed by atoms with Gasteiger partial charge in [-0.2, -0.15) is 13.2 Å². The lowest BCUT2D eigenvalue weighted by Crippen LogP contribution is -2.10. The molecule has 0 aromatic rings. The molecule has 3 heteroatoms. The van der Waals surface area contributed by atoms with Crippen molar-refractivity contribution in [1.29, 1.82) is 0 Å². The number of rotatable bonds is 1. The van der Waals surface area contributed by atoms with Crippen LogP contribution < -0.4 is 0 Å². The van der Waals surface area contributed by atoms with Crippen molar-refractivity contribution in [2.45, 2.75) is 19.5 Å². The van der Waals surface area contributed by atoms with Gasteiger partial charge < -0.3 is 0 Å². The molecule has 48 valence electrons. The Kier molecular flexibility index (Phi) is 2.31. The summed E-state index contributed by atoms with van der Waals surface area (Å²) in [4.78, 5) is 0. The van der Waals surface area contributed by atoms with E-state index in [0.717, 1.165) is 0 Å². The van der Waals surface area contributed by atoms with Gasteiger partial charge in [-0.15, -0.1) is 0 Å². The molecular weight excluding hydrogens is 117 g/mol. The molecule has 0 spiro atoms. The Hall–Kier alpha value is -0.210. The monoisotopic (exact) mass is 124 g/mol. The molecule has 0 bridgehead atoms. The van der Waals surface area contributed by atoms with E-state index in [1.165, 1.54) is 6.92 Å². The first kappa shape index (κ1) is 7.79. The molecule has 0 saturated heterocycles. The van der Waals surface area contributed by atoms with Crippen molar-refractivity contribution in [1.82, 2.24) is 0 Å². The minimum atomic E-state index is -4.10. The van der Waals surface area contributed by atoms with E-state index in [1.807, 2.05) is 0 Å². The Balaban J connectivity index is 3.39. The van der Waals surface area contributed by atoms with Crippen LogP contribution in [-0.2, 0) is 0 Å². The maximum atomic E-state index is 11.2. The van der Waals surface area contributed by atoms with Crippen LogP contribution in [0.5, 0.6) is 0 Å². The average Bonchev–Trinajstić information content (AvgIpc) is 1.21. The molecule has 2 radical (unpaired) electrons. The molecule has 0 aromatic heterocycles. The molecule has 0 saturated carbocycles. The zero-order valence-electron chi connectivity index (χ0n) is 4.50. The van der Waals surface area contributed by atoms with Gasteiger partial charge in [0.1, 0.15) is 0 Å². The number of halogens is 3. The first-order valence-electron chi connectivity index (χ1n) is 2.24. The Bertz CT molecular complexity index is 62.6. The van der Waals surface area contributed by atoms with Gasteiger partial charge in [-0.25, -0.2) is 0 Å². The van der Waals surface area contributed by atoms with E-state index in [9.17, 15) is 13.2 Å². The van der Waals surface area contributed by atoms with E-state index in [1.54, 1.807) is 0 Å². The van der Waals surface area contributed by atoms with Crippen molar-refractivity contribution in [3.63, 3.8) is 0 Å². The lowest BCUT2D eigenvalue weighted by atomic mass is 10.1. The summed E-state index contributed by atoms with van der Waals surface area (Å²) in [6, 6.07) is 0. The molecule has 1 unspecified atom stereocenters. The normalized spacial score (nSPS) is 12.8. The minimum absolute atomic E-state index is 0.782. The van der Waals surface area contributed by atoms with Gasteiger partial charge in [-0.3, -0.25) is 0 Å². The van der Waals surface area contributed by atoms with Crippen molar-refractivity contribution < 1.29 is 13.2 Å². The number of hydrogen-bond acceptors (Lipinski definition) is 0. The highest BCUT2D eigenvalue weighted by atomic mass is 19.4. The van der Waals surface area contributed by atoms with Crippen LogP contribution in [0.4, 0.5) is 13.2 Å². The topological polar surface area (TPSA) is 0 Å². The van der Waals surface area contributed by atoms with Gasteiger partial charge in [0.25, 0.3) is 0 Å². The van der Waals surface area contributed by atoms with Crippen LogP contribution in [0, 0.1) is 12.8 Å². The first-order valence-corrected chi connectivity index (χ1v) is 2.24. The Labute approximate surface area is 46.7 Å². The van der Waals surface area contributed by atoms with Crippen LogP contribution in [0.25, 0.3) is 0 Å². The number of hydrogen-bond donors (Lipinski definition) is 0. The maximum absolute atomic E-state index is 11.2. The van der Waals surface area contributed by atoms with Crippen LogP contribution >= 0.6 is 0 Å². The van der Waals surface area contributed by atoms with Crippen molar-refractivity contribution >= 4 is 0 Å². The second-order valence-electron chi connectivity index (χ2n) is 1.80. The summed E-state index contributed by atoms with van der Waals surface area (Å²) in [7, 11) is 0. The van der Waals surface area contributed by atoms with E-state index in [0.29, 0.717) is 0 Å². The standard InChI is InChI=1S/C5H7F3/c1-4(2)3-5(6,7)8/h1,4H,3H2,2H3. The first-order chi connectivity index (χ1) is 3.42. The van der Waals surface area contributed by atoms with Gasteiger partial charge >= 0.3 is 6.18 Å². The highest BCUT2D eigenvalue weighted by molar-refractivity contribution is 4.59. The fourth-order valence-corrected chi connectivity index (χ4v) is 0.365. The molecule has 8 heavy (non-hydrogen) atoms. The van der Waals surface area contributed by atoms with Gasteiger partial charge in [0, 0.05) is 6.42 Å². The molecule has 0 aliphatic carbocycles. The Morgan fingerprint density at radius 3 is 1.88 bits per heavy atom. The SMILES string of the molecule is [CH]C(C)CC(F)(F)F. The zero-order valence-corrected chi connectivity index (χ0v) is 4.50. The van der Waals surface area contributed by atoms with Crippen molar-refractivity contribution in [3.05, 3.63) is 6.92 Å². The third kappa shape index (κ3) is 5.79. The lowest BCUT2D eigenvalue weighted by Gasteiger charge is -2.06. The van der Waals surface area contributed by atoms with Crippen LogP contribution in [0.3, 0.4) is 0 Å². The highest BCUT2D eigenvalue weighted by Crippen LogP contribution is 2.23. The molecule has 0 aliphatic heterocycles. The van der Waals surface area contributed by atoms with E-state index in [2.05, 4.69) is 0 Å². The molecule has 0 fully saturated rings. The highest BCUT2D eigenvalue weighted by Gasteiger charge is 2.27. The van der Waals surface area contributed by atoms with Gasteiger partial charge in [0.2, 0.25) is 0 Å². The quantitative estimate of drug-likeness (QED) is 0.503. The zero-order chi connectivity index (χ0) is 6.78. The van der Waals surface area contributed by atoms with E-state index >= 15 is 0 Å². The maximum Gasteiger partial charge on any atom is 0.389 e. The van der Waals surface area contributed by atoms with E-state index in [-0.39, 0.29) is 0 Å². The summed E-state index contributed by atoms with van der Waals surface area (Å²) in [6.07, 6.45) is -5.00. The largest absolute Gasteiger partial charge is 0.389 e.